The first-order valence-electron chi connectivity index (χ1n) is 10.6. The van der Waals surface area contributed by atoms with Gasteiger partial charge in [-0.05, 0) is 63.7 Å². The minimum absolute atomic E-state index is 0.0759. The Balaban J connectivity index is 1.86. The van der Waals surface area contributed by atoms with E-state index in [1.54, 1.807) is 12.1 Å². The lowest BCUT2D eigenvalue weighted by Crippen LogP contribution is -2.36. The van der Waals surface area contributed by atoms with Crippen molar-refractivity contribution >= 4 is 11.8 Å². The molecule has 29 heavy (non-hydrogen) atoms. The van der Waals surface area contributed by atoms with Crippen molar-refractivity contribution in [1.29, 1.82) is 5.41 Å². The molecule has 0 saturated heterocycles. The highest BCUT2D eigenvalue weighted by Gasteiger charge is 1.98. The van der Waals surface area contributed by atoms with Gasteiger partial charge in [0.25, 0.3) is 0 Å². The molecule has 8 nitrogen and oxygen atoms in total. The third kappa shape index (κ3) is 13.5. The maximum absolute atomic E-state index is 7.37. The molecule has 0 aromatic heterocycles. The molecule has 0 aliphatic carbocycles. The molecule has 8 heteroatoms. The summed E-state index contributed by atoms with van der Waals surface area (Å²) in [5.41, 5.74) is 11.9. The summed E-state index contributed by atoms with van der Waals surface area (Å²) in [7, 11) is 1.91. The van der Waals surface area contributed by atoms with Gasteiger partial charge in [0, 0.05) is 25.2 Å². The van der Waals surface area contributed by atoms with Crippen molar-refractivity contribution in [3.8, 4) is 5.75 Å². The zero-order valence-electron chi connectivity index (χ0n) is 17.8. The molecule has 1 rings (SSSR count). The van der Waals surface area contributed by atoms with E-state index in [0.717, 1.165) is 51.3 Å². The lowest BCUT2D eigenvalue weighted by atomic mass is 10.1. The van der Waals surface area contributed by atoms with Crippen LogP contribution in [0.5, 0.6) is 5.75 Å². The Morgan fingerprint density at radius 2 is 1.62 bits per heavy atom. The fourth-order valence-corrected chi connectivity index (χ4v) is 2.71. The second-order valence-electron chi connectivity index (χ2n) is 6.96. The predicted octanol–water partition coefficient (Wildman–Crippen LogP) is 1.40. The number of benzene rings is 1. The highest BCUT2D eigenvalue weighted by molar-refractivity contribution is 5.94. The molecule has 1 aromatic rings. The number of nitrogens with one attached hydrogen (secondary N) is 4. The Labute approximate surface area is 175 Å². The second kappa shape index (κ2) is 16.6. The molecule has 0 fully saturated rings. The van der Waals surface area contributed by atoms with E-state index in [2.05, 4.69) is 20.9 Å². The van der Waals surface area contributed by atoms with Crippen molar-refractivity contribution < 1.29 is 4.74 Å². The first-order valence-corrected chi connectivity index (χ1v) is 10.6. The van der Waals surface area contributed by atoms with Gasteiger partial charge in [-0.1, -0.05) is 19.3 Å². The van der Waals surface area contributed by atoms with Gasteiger partial charge >= 0.3 is 0 Å². The number of likely N-dealkylation sites (N-methyl/N-ethyl adjacent to an activating group) is 1. The minimum atomic E-state index is 0.0759. The summed E-state index contributed by atoms with van der Waals surface area (Å²) < 4.78 is 5.69. The van der Waals surface area contributed by atoms with Gasteiger partial charge in [-0.3, -0.25) is 10.4 Å². The van der Waals surface area contributed by atoms with E-state index in [1.807, 2.05) is 19.2 Å². The van der Waals surface area contributed by atoms with E-state index in [-0.39, 0.29) is 5.84 Å². The van der Waals surface area contributed by atoms with E-state index in [0.29, 0.717) is 18.1 Å². The van der Waals surface area contributed by atoms with Crippen LogP contribution < -0.4 is 32.2 Å². The van der Waals surface area contributed by atoms with Crippen molar-refractivity contribution in [3.05, 3.63) is 29.8 Å². The Kier molecular flexibility index (Phi) is 14.2. The van der Waals surface area contributed by atoms with Crippen LogP contribution in [0.1, 0.15) is 44.1 Å². The Morgan fingerprint density at radius 3 is 2.34 bits per heavy atom. The fourth-order valence-electron chi connectivity index (χ4n) is 2.71. The number of rotatable bonds is 17. The summed E-state index contributed by atoms with van der Waals surface area (Å²) in [5.74, 6) is 1.43. The van der Waals surface area contributed by atoms with Crippen LogP contribution in [0.3, 0.4) is 0 Å². The molecule has 0 bridgehead atoms. The number of nitrogen functional groups attached to an aromatic ring is 1. The van der Waals surface area contributed by atoms with E-state index in [4.69, 9.17) is 21.6 Å². The molecule has 0 aliphatic heterocycles. The molecule has 0 aliphatic rings. The SMILES string of the molecule is CNCCNC(N)=NCCCCCCCNCCCOc1ccc(C(=N)N)cc1. The number of hydrogen-bond acceptors (Lipinski definition) is 5. The third-order valence-corrected chi connectivity index (χ3v) is 4.41. The number of ether oxygens (including phenoxy) is 1. The molecule has 0 unspecified atom stereocenters. The number of nitrogens with two attached hydrogens (primary N) is 2. The summed E-state index contributed by atoms with van der Waals surface area (Å²) in [6, 6.07) is 7.31. The molecular weight excluding hydrogens is 366 g/mol. The molecule has 0 spiro atoms. The van der Waals surface area contributed by atoms with Gasteiger partial charge in [0.2, 0.25) is 0 Å². The largest absolute Gasteiger partial charge is 0.494 e. The number of guanidine groups is 1. The number of aliphatic imine (C=N–C) groups is 1. The molecule has 0 amide bonds. The van der Waals surface area contributed by atoms with Crippen LogP contribution in [0.4, 0.5) is 0 Å². The Morgan fingerprint density at radius 1 is 0.931 bits per heavy atom. The third-order valence-electron chi connectivity index (χ3n) is 4.41. The maximum atomic E-state index is 7.37. The molecule has 164 valence electrons. The molecular formula is C21H39N7O. The average Bonchev–Trinajstić information content (AvgIpc) is 2.72. The molecule has 8 N–H and O–H groups in total. The highest BCUT2D eigenvalue weighted by Crippen LogP contribution is 2.11. The first kappa shape index (κ1) is 24.7. The normalized spacial score (nSPS) is 11.4. The zero-order valence-corrected chi connectivity index (χ0v) is 17.8. The van der Waals surface area contributed by atoms with Crippen molar-refractivity contribution in [1.82, 2.24) is 16.0 Å². The van der Waals surface area contributed by atoms with E-state index < -0.39 is 0 Å². The summed E-state index contributed by atoms with van der Waals surface area (Å²) in [6.07, 6.45) is 6.94. The second-order valence-corrected chi connectivity index (χ2v) is 6.96. The molecule has 0 radical (unpaired) electrons. The predicted molar refractivity (Wildman–Crippen MR) is 122 cm³/mol. The van der Waals surface area contributed by atoms with Crippen molar-refractivity contribution in [2.24, 2.45) is 16.5 Å². The van der Waals surface area contributed by atoms with E-state index >= 15 is 0 Å². The van der Waals surface area contributed by atoms with Gasteiger partial charge < -0.3 is 32.2 Å². The monoisotopic (exact) mass is 405 g/mol. The Bertz CT molecular complexity index is 575. The van der Waals surface area contributed by atoms with Crippen LogP contribution >= 0.6 is 0 Å². The van der Waals surface area contributed by atoms with Gasteiger partial charge in [0.05, 0.1) is 6.61 Å². The number of amidine groups is 1. The van der Waals surface area contributed by atoms with Crippen LogP contribution in [0.15, 0.2) is 29.3 Å². The van der Waals surface area contributed by atoms with Crippen molar-refractivity contribution in [2.75, 3.05) is 46.4 Å². The quantitative estimate of drug-likeness (QED) is 0.132. The van der Waals surface area contributed by atoms with Crippen LogP contribution in [0, 0.1) is 5.41 Å². The van der Waals surface area contributed by atoms with Gasteiger partial charge in [0.1, 0.15) is 11.6 Å². The van der Waals surface area contributed by atoms with Crippen LogP contribution in [0.2, 0.25) is 0 Å². The highest BCUT2D eigenvalue weighted by atomic mass is 16.5. The summed E-state index contributed by atoms with van der Waals surface area (Å²) in [4.78, 5) is 4.32. The van der Waals surface area contributed by atoms with Gasteiger partial charge in [-0.2, -0.15) is 0 Å². The smallest absolute Gasteiger partial charge is 0.188 e. The minimum Gasteiger partial charge on any atom is -0.494 e. The van der Waals surface area contributed by atoms with Crippen LogP contribution in [0.25, 0.3) is 0 Å². The molecule has 0 atom stereocenters. The Hall–Kier alpha value is -2.32. The van der Waals surface area contributed by atoms with Gasteiger partial charge in [-0.15, -0.1) is 0 Å². The summed E-state index contributed by atoms with van der Waals surface area (Å²) in [5, 5.41) is 17.0. The van der Waals surface area contributed by atoms with E-state index in [9.17, 15) is 0 Å². The number of nitrogens with zero attached hydrogens (tertiary/aromatic N) is 1. The van der Waals surface area contributed by atoms with Crippen LogP contribution in [-0.4, -0.2) is 58.2 Å². The summed E-state index contributed by atoms with van der Waals surface area (Å²) in [6.45, 7) is 5.17. The molecule has 0 heterocycles. The zero-order chi connectivity index (χ0) is 21.2. The van der Waals surface area contributed by atoms with Gasteiger partial charge in [0.15, 0.2) is 5.96 Å². The maximum Gasteiger partial charge on any atom is 0.188 e. The van der Waals surface area contributed by atoms with Crippen LogP contribution in [-0.2, 0) is 0 Å². The lowest BCUT2D eigenvalue weighted by molar-refractivity contribution is 0.308. The van der Waals surface area contributed by atoms with E-state index in [1.165, 1.54) is 25.7 Å². The number of hydrogen-bond donors (Lipinski definition) is 6. The lowest BCUT2D eigenvalue weighted by Gasteiger charge is -2.08. The topological polar surface area (TPSA) is 134 Å². The van der Waals surface area contributed by atoms with Crippen molar-refractivity contribution in [3.63, 3.8) is 0 Å². The van der Waals surface area contributed by atoms with Crippen molar-refractivity contribution in [2.45, 2.75) is 38.5 Å². The summed E-state index contributed by atoms with van der Waals surface area (Å²) >= 11 is 0. The fraction of sp³-hybridized carbons (Fsp3) is 0.619. The molecule has 0 saturated carbocycles. The number of unbranched alkanes of at least 4 members (excludes halogenated alkanes) is 4. The average molecular weight is 406 g/mol. The standard InChI is InChI=1S/C21H39N7O/c1-25-15-16-28-21(24)27-14-6-4-2-3-5-12-26-13-7-17-29-19-10-8-18(9-11-19)20(22)23/h8-11,25-26H,2-7,12-17H2,1H3,(H3,22,23)(H3,24,27,28). The molecule has 1 aromatic carbocycles. The first-order chi connectivity index (χ1) is 14.1. The van der Waals surface area contributed by atoms with Gasteiger partial charge in [-0.25, -0.2) is 0 Å².